The summed E-state index contributed by atoms with van der Waals surface area (Å²) in [5.41, 5.74) is 2.21. The number of rotatable bonds is 8. The summed E-state index contributed by atoms with van der Waals surface area (Å²) in [6.07, 6.45) is 1.63. The molecule has 0 spiro atoms. The number of hydrogen-bond acceptors (Lipinski definition) is 7. The van der Waals surface area contributed by atoms with Crippen LogP contribution >= 0.6 is 38.5 Å². The lowest BCUT2D eigenvalue weighted by Gasteiger charge is -2.15. The molecule has 0 aliphatic carbocycles. The van der Waals surface area contributed by atoms with Crippen LogP contribution in [0.25, 0.3) is 6.08 Å². The summed E-state index contributed by atoms with van der Waals surface area (Å²) in [4.78, 5) is 27.3. The van der Waals surface area contributed by atoms with Crippen molar-refractivity contribution in [2.75, 3.05) is 6.61 Å². The summed E-state index contributed by atoms with van der Waals surface area (Å²) in [5.74, 6) is 0.696. The Bertz CT molecular complexity index is 1350. The van der Waals surface area contributed by atoms with Gasteiger partial charge in [0.25, 0.3) is 5.69 Å². The van der Waals surface area contributed by atoms with E-state index in [2.05, 4.69) is 43.5 Å². The van der Waals surface area contributed by atoms with Crippen molar-refractivity contribution in [3.8, 4) is 11.5 Å². The quantitative estimate of drug-likeness (QED) is 0.0937. The third kappa shape index (κ3) is 6.06. The first kappa shape index (κ1) is 24.9. The highest BCUT2D eigenvalue weighted by molar-refractivity contribution is 14.1. The molecule has 0 unspecified atom stereocenters. The topological polar surface area (TPSA) is 100 Å². The van der Waals surface area contributed by atoms with Gasteiger partial charge in [-0.25, -0.2) is 9.79 Å². The summed E-state index contributed by atoms with van der Waals surface area (Å²) in [6, 6.07) is 17.2. The van der Waals surface area contributed by atoms with E-state index in [1.54, 1.807) is 24.3 Å². The van der Waals surface area contributed by atoms with Crippen molar-refractivity contribution in [1.82, 2.24) is 0 Å². The SMILES string of the molecule is CCOc1cc(/C=C2\N=C(c3ccc(Br)cc3)OC2=O)cc(I)c1OCc1cccc([N+](=O)[O-])c1. The molecule has 3 aromatic rings. The van der Waals surface area contributed by atoms with Crippen molar-refractivity contribution >= 4 is 62.2 Å². The minimum Gasteiger partial charge on any atom is -0.490 e. The van der Waals surface area contributed by atoms with Crippen molar-refractivity contribution < 1.29 is 23.9 Å². The molecule has 0 atom stereocenters. The van der Waals surface area contributed by atoms with Crippen LogP contribution in [0.2, 0.25) is 0 Å². The standard InChI is InChI=1S/C25H18BrIN2O6/c1-2-33-22-13-16(12-21-25(30)35-24(28-21)17-6-8-18(26)9-7-17)11-20(27)23(22)34-14-15-4-3-5-19(10-15)29(31)32/h3-13H,2,14H2,1H3/b21-12-. The number of nitro groups is 1. The Morgan fingerprint density at radius 2 is 1.91 bits per heavy atom. The fourth-order valence-electron chi connectivity index (χ4n) is 3.27. The Labute approximate surface area is 223 Å². The van der Waals surface area contributed by atoms with E-state index < -0.39 is 10.9 Å². The zero-order valence-corrected chi connectivity index (χ0v) is 22.1. The first-order valence-corrected chi connectivity index (χ1v) is 12.3. The summed E-state index contributed by atoms with van der Waals surface area (Å²) < 4.78 is 18.7. The van der Waals surface area contributed by atoms with Gasteiger partial charge in [-0.15, -0.1) is 0 Å². The number of nitrogens with zero attached hydrogens (tertiary/aromatic N) is 2. The van der Waals surface area contributed by atoms with E-state index in [0.29, 0.717) is 34.8 Å². The van der Waals surface area contributed by atoms with Crippen molar-refractivity contribution in [3.05, 3.63) is 101 Å². The van der Waals surface area contributed by atoms with Crippen LogP contribution in [0.5, 0.6) is 11.5 Å². The first-order valence-electron chi connectivity index (χ1n) is 10.4. The maximum absolute atomic E-state index is 12.4. The lowest BCUT2D eigenvalue weighted by Crippen LogP contribution is -2.05. The fourth-order valence-corrected chi connectivity index (χ4v) is 4.32. The van der Waals surface area contributed by atoms with Crippen LogP contribution < -0.4 is 9.47 Å². The van der Waals surface area contributed by atoms with E-state index in [9.17, 15) is 14.9 Å². The maximum atomic E-state index is 12.4. The zero-order chi connectivity index (χ0) is 24.9. The van der Waals surface area contributed by atoms with Crippen LogP contribution in [0.4, 0.5) is 5.69 Å². The molecule has 8 nitrogen and oxygen atoms in total. The molecule has 3 aromatic carbocycles. The predicted octanol–water partition coefficient (Wildman–Crippen LogP) is 6.28. The fraction of sp³-hybridized carbons (Fsp3) is 0.120. The normalized spacial score (nSPS) is 14.0. The molecule has 1 aliphatic heterocycles. The van der Waals surface area contributed by atoms with Gasteiger partial charge < -0.3 is 14.2 Å². The second-order valence-electron chi connectivity index (χ2n) is 7.32. The largest absolute Gasteiger partial charge is 0.490 e. The number of nitro benzene ring substituents is 1. The minimum atomic E-state index is -0.540. The summed E-state index contributed by atoms with van der Waals surface area (Å²) in [6.45, 7) is 2.38. The molecule has 178 valence electrons. The van der Waals surface area contributed by atoms with Crippen LogP contribution in [0.15, 0.2) is 75.8 Å². The third-order valence-corrected chi connectivity index (χ3v) is 6.18. The van der Waals surface area contributed by atoms with Gasteiger partial charge in [-0.3, -0.25) is 10.1 Å². The van der Waals surface area contributed by atoms with Gasteiger partial charge >= 0.3 is 5.97 Å². The Kier molecular flexibility index (Phi) is 7.81. The minimum absolute atomic E-state index is 0.000637. The van der Waals surface area contributed by atoms with Crippen LogP contribution in [-0.2, 0) is 16.1 Å². The predicted molar refractivity (Wildman–Crippen MR) is 143 cm³/mol. The van der Waals surface area contributed by atoms with E-state index in [4.69, 9.17) is 14.2 Å². The number of ether oxygens (including phenoxy) is 3. The lowest BCUT2D eigenvalue weighted by atomic mass is 10.1. The molecule has 0 fully saturated rings. The van der Waals surface area contributed by atoms with Crippen molar-refractivity contribution in [2.45, 2.75) is 13.5 Å². The van der Waals surface area contributed by atoms with Gasteiger partial charge in [-0.1, -0.05) is 28.1 Å². The number of cyclic esters (lactones) is 1. The molecule has 0 bridgehead atoms. The Hall–Kier alpha value is -3.25. The molecule has 0 saturated heterocycles. The van der Waals surface area contributed by atoms with Crippen molar-refractivity contribution in [1.29, 1.82) is 0 Å². The summed E-state index contributed by atoms with van der Waals surface area (Å²) >= 11 is 5.50. The Morgan fingerprint density at radius 3 is 2.63 bits per heavy atom. The molecule has 0 saturated carbocycles. The van der Waals surface area contributed by atoms with Gasteiger partial charge in [-0.2, -0.15) is 0 Å². The lowest BCUT2D eigenvalue weighted by molar-refractivity contribution is -0.384. The van der Waals surface area contributed by atoms with E-state index in [1.807, 2.05) is 37.3 Å². The van der Waals surface area contributed by atoms with E-state index in [0.717, 1.165) is 8.04 Å². The van der Waals surface area contributed by atoms with Crippen LogP contribution in [0.3, 0.4) is 0 Å². The molecule has 10 heteroatoms. The van der Waals surface area contributed by atoms with Gasteiger partial charge in [-0.05, 0) is 83.1 Å². The first-order chi connectivity index (χ1) is 16.8. The number of non-ortho nitro benzene ring substituents is 1. The molecule has 1 heterocycles. The highest BCUT2D eigenvalue weighted by Crippen LogP contribution is 2.36. The van der Waals surface area contributed by atoms with Gasteiger partial charge in [0.05, 0.1) is 15.1 Å². The van der Waals surface area contributed by atoms with Crippen molar-refractivity contribution in [3.63, 3.8) is 0 Å². The number of hydrogen-bond donors (Lipinski definition) is 0. The molecule has 35 heavy (non-hydrogen) atoms. The van der Waals surface area contributed by atoms with E-state index >= 15 is 0 Å². The highest BCUT2D eigenvalue weighted by atomic mass is 127. The molecular formula is C25H18BrIN2O6. The molecule has 4 rings (SSSR count). The van der Waals surface area contributed by atoms with Gasteiger partial charge in [0, 0.05) is 22.2 Å². The van der Waals surface area contributed by atoms with Crippen LogP contribution in [0.1, 0.15) is 23.6 Å². The smallest absolute Gasteiger partial charge is 0.363 e. The molecule has 0 N–H and O–H groups in total. The molecular weight excluding hydrogens is 631 g/mol. The van der Waals surface area contributed by atoms with Gasteiger partial charge in [0.2, 0.25) is 5.90 Å². The van der Waals surface area contributed by atoms with Crippen molar-refractivity contribution in [2.24, 2.45) is 4.99 Å². The average molecular weight is 649 g/mol. The number of carbonyl (C=O) groups excluding carboxylic acids is 1. The molecule has 0 amide bonds. The molecule has 1 aliphatic rings. The summed E-state index contributed by atoms with van der Waals surface area (Å²) in [7, 11) is 0. The Balaban J connectivity index is 1.59. The van der Waals surface area contributed by atoms with Gasteiger partial charge in [0.15, 0.2) is 17.2 Å². The summed E-state index contributed by atoms with van der Waals surface area (Å²) in [5, 5.41) is 11.0. The monoisotopic (exact) mass is 648 g/mol. The van der Waals surface area contributed by atoms with E-state index in [-0.39, 0.29) is 23.9 Å². The van der Waals surface area contributed by atoms with E-state index in [1.165, 1.54) is 12.1 Å². The van der Waals surface area contributed by atoms with Crippen LogP contribution in [-0.4, -0.2) is 23.4 Å². The second-order valence-corrected chi connectivity index (χ2v) is 9.40. The average Bonchev–Trinajstić information content (AvgIpc) is 3.19. The van der Waals surface area contributed by atoms with Crippen LogP contribution in [0, 0.1) is 13.7 Å². The number of benzene rings is 3. The molecule has 0 radical (unpaired) electrons. The number of esters is 1. The number of carbonyl (C=O) groups is 1. The third-order valence-electron chi connectivity index (χ3n) is 4.85. The highest BCUT2D eigenvalue weighted by Gasteiger charge is 2.24. The Morgan fingerprint density at radius 1 is 1.14 bits per heavy atom. The maximum Gasteiger partial charge on any atom is 0.363 e. The number of aliphatic imine (C=N–C) groups is 1. The molecule has 0 aromatic heterocycles. The number of halogens is 2. The van der Waals surface area contributed by atoms with Gasteiger partial charge in [0.1, 0.15) is 6.61 Å². The zero-order valence-electron chi connectivity index (χ0n) is 18.4. The second kappa shape index (κ2) is 11.0.